The second-order valence-electron chi connectivity index (χ2n) is 2.33. The first-order valence-electron chi connectivity index (χ1n) is 3.90. The third-order valence-corrected chi connectivity index (χ3v) is 1.33. The summed E-state index contributed by atoms with van der Waals surface area (Å²) >= 11 is 0. The van der Waals surface area contributed by atoms with Crippen LogP contribution in [0.4, 0.5) is 0 Å². The van der Waals surface area contributed by atoms with Crippen molar-refractivity contribution in [1.29, 1.82) is 0 Å². The molecule has 0 aromatic carbocycles. The number of rotatable bonds is 4. The first-order chi connectivity index (χ1) is 5.83. The molecular weight excluding hydrogens is 195 g/mol. The van der Waals surface area contributed by atoms with Crippen LogP contribution in [0.1, 0.15) is 20.8 Å². The number of ether oxygens (including phenoxy) is 1. The lowest BCUT2D eigenvalue weighted by Gasteiger charge is -2.15. The SMILES string of the molecule is CC(N)(N)O[PH](=O)O.CCOCC. The van der Waals surface area contributed by atoms with E-state index in [0.717, 1.165) is 13.2 Å². The predicted octanol–water partition coefficient (Wildman–Crippen LogP) is 0.0189. The Hall–Kier alpha value is 0.0300. The summed E-state index contributed by atoms with van der Waals surface area (Å²) in [5.41, 5.74) is 9.91. The van der Waals surface area contributed by atoms with Gasteiger partial charge in [-0.2, -0.15) is 0 Å². The summed E-state index contributed by atoms with van der Waals surface area (Å²) in [7, 11) is -2.99. The smallest absolute Gasteiger partial charge is 0.319 e. The zero-order valence-electron chi connectivity index (χ0n) is 8.24. The van der Waals surface area contributed by atoms with E-state index in [1.54, 1.807) is 0 Å². The highest BCUT2D eigenvalue weighted by atomic mass is 31.1. The van der Waals surface area contributed by atoms with Crippen molar-refractivity contribution in [3.63, 3.8) is 0 Å². The zero-order chi connectivity index (χ0) is 10.9. The Morgan fingerprint density at radius 2 is 1.77 bits per heavy atom. The molecule has 1 unspecified atom stereocenters. The van der Waals surface area contributed by atoms with Gasteiger partial charge in [0.05, 0.1) is 0 Å². The van der Waals surface area contributed by atoms with E-state index in [1.807, 2.05) is 13.8 Å². The Bertz CT molecular complexity index is 135. The van der Waals surface area contributed by atoms with Crippen LogP contribution >= 0.6 is 8.25 Å². The molecule has 0 aliphatic heterocycles. The Kier molecular flexibility index (Phi) is 10.3. The van der Waals surface area contributed by atoms with Gasteiger partial charge < -0.3 is 9.63 Å². The molecule has 0 fully saturated rings. The molecule has 0 bridgehead atoms. The molecule has 5 N–H and O–H groups in total. The van der Waals surface area contributed by atoms with Crippen LogP contribution < -0.4 is 11.5 Å². The average molecular weight is 214 g/mol. The molecule has 7 heteroatoms. The topological polar surface area (TPSA) is 108 Å². The Balaban J connectivity index is 0. The molecule has 0 rings (SSSR count). The largest absolute Gasteiger partial charge is 0.382 e. The molecular formula is C6H19N2O4P. The second-order valence-corrected chi connectivity index (χ2v) is 3.07. The highest BCUT2D eigenvalue weighted by Crippen LogP contribution is 2.18. The van der Waals surface area contributed by atoms with Crippen LogP contribution in [0.15, 0.2) is 0 Å². The third kappa shape index (κ3) is 24.5. The zero-order valence-corrected chi connectivity index (χ0v) is 9.24. The first-order valence-corrected chi connectivity index (χ1v) is 5.17. The molecule has 0 radical (unpaired) electrons. The van der Waals surface area contributed by atoms with Crippen molar-refractivity contribution in [3.05, 3.63) is 0 Å². The maximum atomic E-state index is 9.82. The highest BCUT2D eigenvalue weighted by molar-refractivity contribution is 7.32. The van der Waals surface area contributed by atoms with Gasteiger partial charge in [-0.3, -0.25) is 20.6 Å². The van der Waals surface area contributed by atoms with Crippen LogP contribution in [0.3, 0.4) is 0 Å². The summed E-state index contributed by atoms with van der Waals surface area (Å²) in [5.74, 6) is -1.50. The second kappa shape index (κ2) is 8.62. The van der Waals surface area contributed by atoms with E-state index in [1.165, 1.54) is 6.92 Å². The fraction of sp³-hybridized carbons (Fsp3) is 1.00. The predicted molar refractivity (Wildman–Crippen MR) is 51.3 cm³/mol. The quantitative estimate of drug-likeness (QED) is 0.449. The molecule has 0 aliphatic carbocycles. The van der Waals surface area contributed by atoms with E-state index >= 15 is 0 Å². The molecule has 0 amide bonds. The third-order valence-electron chi connectivity index (χ3n) is 0.715. The molecule has 1 atom stereocenters. The minimum absolute atomic E-state index is 0.844. The van der Waals surface area contributed by atoms with Gasteiger partial charge in [-0.1, -0.05) is 0 Å². The fourth-order valence-electron chi connectivity index (χ4n) is 0.392. The maximum Gasteiger partial charge on any atom is 0.319 e. The van der Waals surface area contributed by atoms with Crippen LogP contribution in [0.2, 0.25) is 0 Å². The van der Waals surface area contributed by atoms with E-state index in [0.29, 0.717) is 0 Å². The van der Waals surface area contributed by atoms with Gasteiger partial charge in [0.25, 0.3) is 0 Å². The molecule has 0 saturated heterocycles. The van der Waals surface area contributed by atoms with Gasteiger partial charge in [0.1, 0.15) is 0 Å². The van der Waals surface area contributed by atoms with Crippen molar-refractivity contribution >= 4 is 8.25 Å². The minimum atomic E-state index is -2.99. The average Bonchev–Trinajstić information content (AvgIpc) is 1.84. The van der Waals surface area contributed by atoms with E-state index in [4.69, 9.17) is 21.1 Å². The van der Waals surface area contributed by atoms with Crippen molar-refractivity contribution in [2.24, 2.45) is 11.5 Å². The number of hydrogen-bond acceptors (Lipinski definition) is 5. The van der Waals surface area contributed by atoms with E-state index in [9.17, 15) is 4.57 Å². The maximum absolute atomic E-state index is 9.82. The van der Waals surface area contributed by atoms with Crippen molar-refractivity contribution < 1.29 is 18.7 Å². The Morgan fingerprint density at radius 1 is 1.38 bits per heavy atom. The number of nitrogens with two attached hydrogens (primary N) is 2. The lowest BCUT2D eigenvalue weighted by atomic mass is 10.6. The van der Waals surface area contributed by atoms with Crippen LogP contribution in [0.25, 0.3) is 0 Å². The van der Waals surface area contributed by atoms with Gasteiger partial charge in [0, 0.05) is 13.2 Å². The molecule has 6 nitrogen and oxygen atoms in total. The van der Waals surface area contributed by atoms with Crippen LogP contribution in [0.5, 0.6) is 0 Å². The minimum Gasteiger partial charge on any atom is -0.382 e. The fourth-order valence-corrected chi connectivity index (χ4v) is 0.769. The van der Waals surface area contributed by atoms with Crippen molar-refractivity contribution in [2.75, 3.05) is 13.2 Å². The monoisotopic (exact) mass is 214 g/mol. The summed E-state index contributed by atoms with van der Waals surface area (Å²) in [6.45, 7) is 6.95. The molecule has 0 aliphatic rings. The van der Waals surface area contributed by atoms with E-state index in [2.05, 4.69) is 4.52 Å². The van der Waals surface area contributed by atoms with Crippen LogP contribution in [0, 0.1) is 0 Å². The normalized spacial score (nSPS) is 13.1. The van der Waals surface area contributed by atoms with Crippen LogP contribution in [-0.4, -0.2) is 24.0 Å². The van der Waals surface area contributed by atoms with Crippen molar-refractivity contribution in [2.45, 2.75) is 26.6 Å². The highest BCUT2D eigenvalue weighted by Gasteiger charge is 2.12. The van der Waals surface area contributed by atoms with Gasteiger partial charge >= 0.3 is 8.25 Å². The lowest BCUT2D eigenvalue weighted by Crippen LogP contribution is -2.46. The first kappa shape index (κ1) is 15.5. The molecule has 0 aromatic rings. The summed E-state index contributed by atoms with van der Waals surface area (Å²) in [4.78, 5) is 8.05. The molecule has 82 valence electrons. The Labute approximate surface area is 79.1 Å². The van der Waals surface area contributed by atoms with Gasteiger partial charge in [0.15, 0.2) is 5.85 Å². The summed E-state index contributed by atoms with van der Waals surface area (Å²) in [5, 5.41) is 0. The van der Waals surface area contributed by atoms with E-state index in [-0.39, 0.29) is 0 Å². The van der Waals surface area contributed by atoms with Gasteiger partial charge in [-0.25, -0.2) is 0 Å². The molecule has 0 heterocycles. The number of hydrogen-bond donors (Lipinski definition) is 3. The van der Waals surface area contributed by atoms with Gasteiger partial charge in [0.2, 0.25) is 0 Å². The molecule has 0 spiro atoms. The van der Waals surface area contributed by atoms with Gasteiger partial charge in [-0.05, 0) is 20.8 Å². The Morgan fingerprint density at radius 3 is 1.77 bits per heavy atom. The van der Waals surface area contributed by atoms with Gasteiger partial charge in [-0.15, -0.1) is 0 Å². The molecule has 0 aromatic heterocycles. The van der Waals surface area contributed by atoms with Crippen molar-refractivity contribution in [1.82, 2.24) is 0 Å². The summed E-state index contributed by atoms with van der Waals surface area (Å²) in [6, 6.07) is 0. The summed E-state index contributed by atoms with van der Waals surface area (Å²) in [6.07, 6.45) is 0. The molecule has 13 heavy (non-hydrogen) atoms. The van der Waals surface area contributed by atoms with E-state index < -0.39 is 14.1 Å². The summed E-state index contributed by atoms with van der Waals surface area (Å²) < 4.78 is 18.7. The van der Waals surface area contributed by atoms with Crippen molar-refractivity contribution in [3.8, 4) is 0 Å². The van der Waals surface area contributed by atoms with Crippen LogP contribution in [-0.2, 0) is 13.8 Å². The standard InChI is InChI=1S/C4H10O.C2H9N2O3P/c1-3-5-4-2;1-2(3,4)7-8(5)6/h3-4H2,1-2H3;8H,3-4H2,1H3,(H,5,6). The molecule has 0 saturated carbocycles. The lowest BCUT2D eigenvalue weighted by molar-refractivity contribution is 0.0981.